The summed E-state index contributed by atoms with van der Waals surface area (Å²) in [6.07, 6.45) is 1.89. The van der Waals surface area contributed by atoms with Gasteiger partial charge in [-0.25, -0.2) is 8.42 Å². The first-order valence-electron chi connectivity index (χ1n) is 7.82. The summed E-state index contributed by atoms with van der Waals surface area (Å²) in [6.45, 7) is 0.611. The predicted molar refractivity (Wildman–Crippen MR) is 92.9 cm³/mol. The van der Waals surface area contributed by atoms with E-state index in [1.54, 1.807) is 43.4 Å². The minimum Gasteiger partial charge on any atom is -0.381 e. The monoisotopic (exact) mass is 341 g/mol. The average Bonchev–Trinajstić information content (AvgIpc) is 3.45. The first kappa shape index (κ1) is 16.5. The van der Waals surface area contributed by atoms with Crippen LogP contribution in [0.4, 0.5) is 5.69 Å². The zero-order chi connectivity index (χ0) is 17.2. The lowest BCUT2D eigenvalue weighted by molar-refractivity contribution is 0.464. The first-order valence-corrected chi connectivity index (χ1v) is 9.26. The topological polar surface area (TPSA) is 73.2 Å². The van der Waals surface area contributed by atoms with E-state index in [4.69, 9.17) is 5.26 Å². The van der Waals surface area contributed by atoms with Crippen LogP contribution in [0.25, 0.3) is 0 Å². The Bertz CT molecular complexity index is 849. The minimum absolute atomic E-state index is 0.157. The Morgan fingerprint density at radius 1 is 1.12 bits per heavy atom. The number of nitrogens with one attached hydrogen (secondary N) is 1. The first-order chi connectivity index (χ1) is 11.5. The van der Waals surface area contributed by atoms with E-state index >= 15 is 0 Å². The molecule has 2 aromatic carbocycles. The van der Waals surface area contributed by atoms with Crippen molar-refractivity contribution in [3.05, 3.63) is 59.7 Å². The van der Waals surface area contributed by atoms with Crippen LogP contribution >= 0.6 is 0 Å². The standard InChI is InChI=1S/C18H19N3O2S/c1-21(17-8-9-17)24(22,23)18-10-6-16(7-11-18)20-13-15-4-2-14(12-19)3-5-15/h2-7,10-11,17,20H,8-9,13H2,1H3. The van der Waals surface area contributed by atoms with Crippen LogP contribution in [0.1, 0.15) is 24.0 Å². The third-order valence-corrected chi connectivity index (χ3v) is 6.10. The molecule has 1 N–H and O–H groups in total. The van der Waals surface area contributed by atoms with Gasteiger partial charge < -0.3 is 5.32 Å². The van der Waals surface area contributed by atoms with Crippen LogP contribution in [0.5, 0.6) is 0 Å². The van der Waals surface area contributed by atoms with Crippen molar-refractivity contribution in [3.63, 3.8) is 0 Å². The second-order valence-electron chi connectivity index (χ2n) is 5.94. The number of hydrogen-bond acceptors (Lipinski definition) is 4. The number of rotatable bonds is 6. The summed E-state index contributed by atoms with van der Waals surface area (Å²) in [4.78, 5) is 0.320. The lowest BCUT2D eigenvalue weighted by Crippen LogP contribution is -2.28. The van der Waals surface area contributed by atoms with E-state index in [0.29, 0.717) is 17.0 Å². The maximum Gasteiger partial charge on any atom is 0.243 e. The van der Waals surface area contributed by atoms with Crippen molar-refractivity contribution in [1.82, 2.24) is 4.31 Å². The second kappa shape index (κ2) is 6.63. The highest BCUT2D eigenvalue weighted by Crippen LogP contribution is 2.30. The Hall–Kier alpha value is -2.36. The van der Waals surface area contributed by atoms with Crippen molar-refractivity contribution in [2.45, 2.75) is 30.3 Å². The van der Waals surface area contributed by atoms with Crippen LogP contribution in [0.2, 0.25) is 0 Å². The molecule has 1 aliphatic carbocycles. The van der Waals surface area contributed by atoms with Gasteiger partial charge in [-0.2, -0.15) is 9.57 Å². The normalized spacial score (nSPS) is 14.4. The molecule has 0 unspecified atom stereocenters. The molecule has 0 radical (unpaired) electrons. The maximum absolute atomic E-state index is 12.4. The molecule has 1 saturated carbocycles. The Morgan fingerprint density at radius 3 is 2.29 bits per heavy atom. The van der Waals surface area contributed by atoms with Crippen molar-refractivity contribution in [2.24, 2.45) is 0 Å². The van der Waals surface area contributed by atoms with Crippen LogP contribution in [0.3, 0.4) is 0 Å². The molecule has 5 nitrogen and oxygen atoms in total. The van der Waals surface area contributed by atoms with Gasteiger partial charge in [0.1, 0.15) is 0 Å². The van der Waals surface area contributed by atoms with Gasteiger partial charge in [0.15, 0.2) is 0 Å². The zero-order valence-corrected chi connectivity index (χ0v) is 14.3. The fraction of sp³-hybridized carbons (Fsp3) is 0.278. The summed E-state index contributed by atoms with van der Waals surface area (Å²) >= 11 is 0. The molecular formula is C18H19N3O2S. The number of hydrogen-bond donors (Lipinski definition) is 1. The van der Waals surface area contributed by atoms with Gasteiger partial charge in [0.25, 0.3) is 0 Å². The Morgan fingerprint density at radius 2 is 1.75 bits per heavy atom. The van der Waals surface area contributed by atoms with Crippen LogP contribution in [-0.4, -0.2) is 25.8 Å². The molecule has 0 saturated heterocycles. The molecule has 24 heavy (non-hydrogen) atoms. The lowest BCUT2D eigenvalue weighted by atomic mass is 10.1. The molecular weight excluding hydrogens is 322 g/mol. The molecule has 0 aromatic heterocycles. The lowest BCUT2D eigenvalue weighted by Gasteiger charge is -2.16. The second-order valence-corrected chi connectivity index (χ2v) is 7.94. The van der Waals surface area contributed by atoms with Crippen LogP contribution in [-0.2, 0) is 16.6 Å². The maximum atomic E-state index is 12.4. The number of sulfonamides is 1. The zero-order valence-electron chi connectivity index (χ0n) is 13.4. The highest BCUT2D eigenvalue weighted by atomic mass is 32.2. The summed E-state index contributed by atoms with van der Waals surface area (Å²) in [5.74, 6) is 0. The highest BCUT2D eigenvalue weighted by molar-refractivity contribution is 7.89. The third-order valence-electron chi connectivity index (χ3n) is 4.17. The smallest absolute Gasteiger partial charge is 0.243 e. The van der Waals surface area contributed by atoms with Crippen LogP contribution < -0.4 is 5.32 Å². The quantitative estimate of drug-likeness (QED) is 0.877. The van der Waals surface area contributed by atoms with Gasteiger partial charge in [0.05, 0.1) is 16.5 Å². The molecule has 2 aromatic rings. The molecule has 1 fully saturated rings. The van der Waals surface area contributed by atoms with Crippen molar-refractivity contribution < 1.29 is 8.42 Å². The van der Waals surface area contributed by atoms with Crippen LogP contribution in [0, 0.1) is 11.3 Å². The molecule has 0 amide bonds. The van der Waals surface area contributed by atoms with Gasteiger partial charge in [-0.1, -0.05) is 12.1 Å². The van der Waals surface area contributed by atoms with Crippen molar-refractivity contribution in [3.8, 4) is 6.07 Å². The molecule has 3 rings (SSSR count). The molecule has 0 aliphatic heterocycles. The Labute approximate surface area is 142 Å². The van der Waals surface area contributed by atoms with Gasteiger partial charge >= 0.3 is 0 Å². The van der Waals surface area contributed by atoms with E-state index in [2.05, 4.69) is 11.4 Å². The average molecular weight is 341 g/mol. The van der Waals surface area contributed by atoms with Crippen molar-refractivity contribution >= 4 is 15.7 Å². The van der Waals surface area contributed by atoms with E-state index in [0.717, 1.165) is 24.1 Å². The SMILES string of the molecule is CN(C1CC1)S(=O)(=O)c1ccc(NCc2ccc(C#N)cc2)cc1. The number of nitrogens with zero attached hydrogens (tertiary/aromatic N) is 2. The van der Waals surface area contributed by atoms with E-state index in [9.17, 15) is 8.42 Å². The number of nitriles is 1. The fourth-order valence-electron chi connectivity index (χ4n) is 2.45. The predicted octanol–water partition coefficient (Wildman–Crippen LogP) is 2.95. The van der Waals surface area contributed by atoms with E-state index in [1.165, 1.54) is 4.31 Å². The molecule has 1 aliphatic rings. The summed E-state index contributed by atoms with van der Waals surface area (Å²) in [5, 5.41) is 12.0. The number of benzene rings is 2. The molecule has 6 heteroatoms. The summed E-state index contributed by atoms with van der Waals surface area (Å²) in [6, 6.07) is 16.4. The van der Waals surface area contributed by atoms with Gasteiger partial charge in [0, 0.05) is 25.3 Å². The molecule has 0 spiro atoms. The van der Waals surface area contributed by atoms with Crippen LogP contribution in [0.15, 0.2) is 53.4 Å². The van der Waals surface area contributed by atoms with Gasteiger partial charge in [0.2, 0.25) is 10.0 Å². The fourth-order valence-corrected chi connectivity index (χ4v) is 3.86. The minimum atomic E-state index is -3.39. The Balaban J connectivity index is 1.65. The highest BCUT2D eigenvalue weighted by Gasteiger charge is 2.34. The summed E-state index contributed by atoms with van der Waals surface area (Å²) in [7, 11) is -1.75. The van der Waals surface area contributed by atoms with E-state index in [-0.39, 0.29) is 6.04 Å². The Kier molecular flexibility index (Phi) is 4.56. The summed E-state index contributed by atoms with van der Waals surface area (Å²) in [5.41, 5.74) is 2.54. The van der Waals surface area contributed by atoms with E-state index in [1.807, 2.05) is 12.1 Å². The third kappa shape index (κ3) is 3.58. The molecule has 0 bridgehead atoms. The molecule has 0 heterocycles. The van der Waals surface area contributed by atoms with Gasteiger partial charge in [-0.05, 0) is 54.8 Å². The molecule has 124 valence electrons. The number of anilines is 1. The molecule has 0 atom stereocenters. The summed E-state index contributed by atoms with van der Waals surface area (Å²) < 4.78 is 26.4. The largest absolute Gasteiger partial charge is 0.381 e. The van der Waals surface area contributed by atoms with E-state index < -0.39 is 10.0 Å². The van der Waals surface area contributed by atoms with Gasteiger partial charge in [-0.15, -0.1) is 0 Å². The van der Waals surface area contributed by atoms with Crippen molar-refractivity contribution in [1.29, 1.82) is 5.26 Å². The van der Waals surface area contributed by atoms with Crippen molar-refractivity contribution in [2.75, 3.05) is 12.4 Å². The van der Waals surface area contributed by atoms with Gasteiger partial charge in [-0.3, -0.25) is 0 Å².